The van der Waals surface area contributed by atoms with Crippen molar-refractivity contribution in [3.05, 3.63) is 40.7 Å². The maximum Gasteiger partial charge on any atom is 0.340 e. The third-order valence-electron chi connectivity index (χ3n) is 4.95. The Kier molecular flexibility index (Phi) is 5.91. The molecule has 2 amide bonds. The molecule has 3 rings (SSSR count). The van der Waals surface area contributed by atoms with Crippen LogP contribution in [0.1, 0.15) is 51.9 Å². The summed E-state index contributed by atoms with van der Waals surface area (Å²) >= 11 is 0. The molecule has 0 atom stereocenters. The summed E-state index contributed by atoms with van der Waals surface area (Å²) in [6, 6.07) is 5.14. The Bertz CT molecular complexity index is 963. The zero-order valence-electron chi connectivity index (χ0n) is 17.0. The molecule has 1 aliphatic rings. The van der Waals surface area contributed by atoms with E-state index in [1.807, 2.05) is 0 Å². The highest BCUT2D eigenvalue weighted by molar-refractivity contribution is 6.07. The van der Waals surface area contributed by atoms with E-state index in [-0.39, 0.29) is 18.4 Å². The lowest BCUT2D eigenvalue weighted by Gasteiger charge is -2.20. The number of amides is 2. The predicted molar refractivity (Wildman–Crippen MR) is 109 cm³/mol. The first-order chi connectivity index (χ1) is 13.9. The molecule has 0 aliphatic carbocycles. The van der Waals surface area contributed by atoms with Crippen molar-refractivity contribution < 1.29 is 23.9 Å². The number of carbonyl (C=O) groups excluding carboxylic acids is 3. The lowest BCUT2D eigenvalue weighted by atomic mass is 10.1. The monoisotopic (exact) mass is 399 g/mol. The van der Waals surface area contributed by atoms with Gasteiger partial charge in [-0.25, -0.2) is 4.79 Å². The van der Waals surface area contributed by atoms with E-state index in [0.29, 0.717) is 52.6 Å². The highest BCUT2D eigenvalue weighted by atomic mass is 16.5. The van der Waals surface area contributed by atoms with Gasteiger partial charge in [0.1, 0.15) is 11.4 Å². The number of aromatic nitrogens is 1. The van der Waals surface area contributed by atoms with Crippen LogP contribution in [0, 0.1) is 13.8 Å². The van der Waals surface area contributed by atoms with E-state index in [0.717, 1.165) is 6.42 Å². The fourth-order valence-electron chi connectivity index (χ4n) is 3.56. The molecule has 2 heterocycles. The average molecular weight is 399 g/mol. The molecule has 2 aromatic rings. The summed E-state index contributed by atoms with van der Waals surface area (Å²) in [6.45, 7) is 6.03. The number of ether oxygens (including phenoxy) is 2. The Labute approximate surface area is 169 Å². The number of hydrogen-bond donors (Lipinski definition) is 2. The molecule has 29 heavy (non-hydrogen) atoms. The van der Waals surface area contributed by atoms with Gasteiger partial charge >= 0.3 is 5.97 Å². The number of anilines is 2. The molecule has 0 radical (unpaired) electrons. The second-order valence-electron chi connectivity index (χ2n) is 6.84. The number of nitrogens with one attached hydrogen (secondary N) is 2. The second-order valence-corrected chi connectivity index (χ2v) is 6.84. The van der Waals surface area contributed by atoms with Gasteiger partial charge in [-0.3, -0.25) is 9.59 Å². The van der Waals surface area contributed by atoms with E-state index < -0.39 is 5.97 Å². The van der Waals surface area contributed by atoms with E-state index in [1.54, 1.807) is 51.0 Å². The normalized spacial score (nSPS) is 13.5. The van der Waals surface area contributed by atoms with E-state index in [4.69, 9.17) is 9.47 Å². The molecule has 2 N–H and O–H groups in total. The maximum atomic E-state index is 12.8. The Morgan fingerprint density at radius 3 is 2.66 bits per heavy atom. The van der Waals surface area contributed by atoms with Gasteiger partial charge in [-0.05, 0) is 51.0 Å². The number of esters is 1. The van der Waals surface area contributed by atoms with Gasteiger partial charge < -0.3 is 24.7 Å². The minimum Gasteiger partial charge on any atom is -0.495 e. The largest absolute Gasteiger partial charge is 0.495 e. The van der Waals surface area contributed by atoms with Crippen molar-refractivity contribution in [1.82, 2.24) is 4.98 Å². The fraction of sp³-hybridized carbons (Fsp3) is 0.381. The van der Waals surface area contributed by atoms with Crippen LogP contribution < -0.4 is 15.0 Å². The number of hydrogen-bond acceptors (Lipinski definition) is 5. The van der Waals surface area contributed by atoms with E-state index in [9.17, 15) is 14.4 Å². The maximum absolute atomic E-state index is 12.8. The van der Waals surface area contributed by atoms with Gasteiger partial charge in [0.2, 0.25) is 5.91 Å². The number of H-pyrrole nitrogens is 1. The molecule has 1 fully saturated rings. The quantitative estimate of drug-likeness (QED) is 0.727. The minimum absolute atomic E-state index is 0.0293. The standard InChI is InChI=1S/C21H25N3O5/c1-5-29-21(27)18-12(2)19(22-13(18)3)20(26)23-14-8-9-16(28-4)15(11-14)24-10-6-7-17(24)25/h8-9,11,22H,5-7,10H2,1-4H3,(H,23,26). The first-order valence-electron chi connectivity index (χ1n) is 9.53. The van der Waals surface area contributed by atoms with Crippen LogP contribution in [0.2, 0.25) is 0 Å². The molecular weight excluding hydrogens is 374 g/mol. The smallest absolute Gasteiger partial charge is 0.340 e. The number of benzene rings is 1. The number of nitrogens with zero attached hydrogens (tertiary/aromatic N) is 1. The molecule has 8 nitrogen and oxygen atoms in total. The molecule has 154 valence electrons. The number of methoxy groups -OCH3 is 1. The van der Waals surface area contributed by atoms with Crippen LogP contribution in [0.4, 0.5) is 11.4 Å². The molecule has 1 aliphatic heterocycles. The van der Waals surface area contributed by atoms with Gasteiger partial charge in [-0.15, -0.1) is 0 Å². The van der Waals surface area contributed by atoms with Crippen molar-refractivity contribution in [3.63, 3.8) is 0 Å². The zero-order chi connectivity index (χ0) is 21.1. The van der Waals surface area contributed by atoms with Gasteiger partial charge in [0.25, 0.3) is 5.91 Å². The van der Waals surface area contributed by atoms with Gasteiger partial charge in [-0.1, -0.05) is 0 Å². The Morgan fingerprint density at radius 2 is 2.03 bits per heavy atom. The van der Waals surface area contributed by atoms with Crippen LogP contribution in [0.3, 0.4) is 0 Å². The summed E-state index contributed by atoms with van der Waals surface area (Å²) in [5.74, 6) is -0.251. The lowest BCUT2D eigenvalue weighted by Crippen LogP contribution is -2.24. The summed E-state index contributed by atoms with van der Waals surface area (Å²) in [6.07, 6.45) is 1.29. The summed E-state index contributed by atoms with van der Waals surface area (Å²) < 4.78 is 10.4. The first kappa shape index (κ1) is 20.4. The highest BCUT2D eigenvalue weighted by Crippen LogP contribution is 2.34. The summed E-state index contributed by atoms with van der Waals surface area (Å²) in [4.78, 5) is 41.7. The van der Waals surface area contributed by atoms with Crippen molar-refractivity contribution >= 4 is 29.2 Å². The summed E-state index contributed by atoms with van der Waals surface area (Å²) in [5.41, 5.74) is 2.91. The van der Waals surface area contributed by atoms with Gasteiger partial charge in [-0.2, -0.15) is 0 Å². The molecule has 0 saturated carbocycles. The van der Waals surface area contributed by atoms with Crippen LogP contribution in [0.5, 0.6) is 5.75 Å². The Balaban J connectivity index is 1.87. The van der Waals surface area contributed by atoms with Crippen molar-refractivity contribution in [3.8, 4) is 5.75 Å². The topological polar surface area (TPSA) is 101 Å². The van der Waals surface area contributed by atoms with Crippen LogP contribution in [0.15, 0.2) is 18.2 Å². The summed E-state index contributed by atoms with van der Waals surface area (Å²) in [5, 5.41) is 2.82. The van der Waals surface area contributed by atoms with E-state index in [2.05, 4.69) is 10.3 Å². The zero-order valence-corrected chi connectivity index (χ0v) is 17.0. The van der Waals surface area contributed by atoms with Crippen LogP contribution >= 0.6 is 0 Å². The van der Waals surface area contributed by atoms with Crippen molar-refractivity contribution in [2.45, 2.75) is 33.6 Å². The number of aryl methyl sites for hydroxylation is 1. The van der Waals surface area contributed by atoms with Crippen molar-refractivity contribution in [2.24, 2.45) is 0 Å². The third kappa shape index (κ3) is 3.96. The van der Waals surface area contributed by atoms with Gasteiger partial charge in [0.15, 0.2) is 0 Å². The minimum atomic E-state index is -0.461. The molecule has 8 heteroatoms. The first-order valence-corrected chi connectivity index (χ1v) is 9.53. The highest BCUT2D eigenvalue weighted by Gasteiger charge is 2.26. The molecule has 0 bridgehead atoms. The third-order valence-corrected chi connectivity index (χ3v) is 4.95. The predicted octanol–water partition coefficient (Wildman–Crippen LogP) is 3.20. The van der Waals surface area contributed by atoms with Crippen molar-refractivity contribution in [1.29, 1.82) is 0 Å². The molecule has 0 unspecified atom stereocenters. The summed E-state index contributed by atoms with van der Waals surface area (Å²) in [7, 11) is 1.54. The second kappa shape index (κ2) is 8.38. The van der Waals surface area contributed by atoms with Crippen LogP contribution in [-0.2, 0) is 9.53 Å². The molecular formula is C21H25N3O5. The molecule has 1 saturated heterocycles. The number of rotatable bonds is 6. The van der Waals surface area contributed by atoms with Crippen LogP contribution in [-0.4, -0.2) is 43.0 Å². The molecule has 1 aromatic heterocycles. The average Bonchev–Trinajstić information content (AvgIpc) is 3.24. The van der Waals surface area contributed by atoms with Gasteiger partial charge in [0, 0.05) is 24.3 Å². The van der Waals surface area contributed by atoms with E-state index >= 15 is 0 Å². The molecule has 0 spiro atoms. The Morgan fingerprint density at radius 1 is 1.28 bits per heavy atom. The number of aromatic amines is 1. The number of carbonyl (C=O) groups is 3. The van der Waals surface area contributed by atoms with Crippen LogP contribution in [0.25, 0.3) is 0 Å². The van der Waals surface area contributed by atoms with E-state index in [1.165, 1.54) is 0 Å². The van der Waals surface area contributed by atoms with Crippen molar-refractivity contribution in [2.75, 3.05) is 30.5 Å². The molecule has 1 aromatic carbocycles. The lowest BCUT2D eigenvalue weighted by molar-refractivity contribution is -0.117. The fourth-order valence-corrected chi connectivity index (χ4v) is 3.56. The SMILES string of the molecule is CCOC(=O)c1c(C)[nH]c(C(=O)Nc2ccc(OC)c(N3CCCC3=O)c2)c1C. The van der Waals surface area contributed by atoms with Gasteiger partial charge in [0.05, 0.1) is 25.0 Å². The Hall–Kier alpha value is -3.29.